The van der Waals surface area contributed by atoms with E-state index in [1.807, 2.05) is 52.1 Å². The molecule has 16 heavy (non-hydrogen) atoms. The summed E-state index contributed by atoms with van der Waals surface area (Å²) in [5.74, 6) is -0.252. The number of benzene rings is 1. The van der Waals surface area contributed by atoms with E-state index in [9.17, 15) is 9.90 Å². The minimum atomic E-state index is -0.181. The van der Waals surface area contributed by atoms with Gasteiger partial charge in [0.05, 0.1) is 5.56 Å². The SMILES string of the molecule is CCNC(=O)c1c(I)cc(I)c([O-])c1I.[Na+]. The molecule has 0 saturated carbocycles. The van der Waals surface area contributed by atoms with Gasteiger partial charge in [-0.3, -0.25) is 4.79 Å². The fourth-order valence-electron chi connectivity index (χ4n) is 1.03. The van der Waals surface area contributed by atoms with Crippen molar-refractivity contribution in [1.82, 2.24) is 5.32 Å². The first kappa shape index (κ1) is 17.7. The molecule has 1 aromatic carbocycles. The van der Waals surface area contributed by atoms with Crippen LogP contribution in [0.5, 0.6) is 5.75 Å². The summed E-state index contributed by atoms with van der Waals surface area (Å²) in [4.78, 5) is 11.7. The number of carbonyl (C=O) groups excluding carboxylic acids is 1. The van der Waals surface area contributed by atoms with Crippen molar-refractivity contribution in [3.63, 3.8) is 0 Å². The van der Waals surface area contributed by atoms with Gasteiger partial charge in [0.2, 0.25) is 0 Å². The molecule has 0 radical (unpaired) electrons. The molecule has 7 heteroatoms. The van der Waals surface area contributed by atoms with Gasteiger partial charge in [-0.05, 0) is 80.8 Å². The number of rotatable bonds is 2. The topological polar surface area (TPSA) is 52.2 Å². The quantitative estimate of drug-likeness (QED) is 0.383. The van der Waals surface area contributed by atoms with Gasteiger partial charge in [-0.2, -0.15) is 0 Å². The Morgan fingerprint density at radius 3 is 2.44 bits per heavy atom. The minimum absolute atomic E-state index is 0. The number of amides is 1. The molecule has 3 nitrogen and oxygen atoms in total. The van der Waals surface area contributed by atoms with Crippen molar-refractivity contribution in [1.29, 1.82) is 0 Å². The molecule has 0 unspecified atom stereocenters. The van der Waals surface area contributed by atoms with E-state index >= 15 is 0 Å². The Balaban J connectivity index is 0.00000225. The van der Waals surface area contributed by atoms with Crippen molar-refractivity contribution in [2.24, 2.45) is 0 Å². The smallest absolute Gasteiger partial charge is 0.871 e. The van der Waals surface area contributed by atoms with Crippen molar-refractivity contribution in [3.05, 3.63) is 22.3 Å². The van der Waals surface area contributed by atoms with Crippen LogP contribution in [-0.2, 0) is 0 Å². The molecular weight excluding hydrogens is 558 g/mol. The molecule has 82 valence electrons. The van der Waals surface area contributed by atoms with Crippen LogP contribution in [0.3, 0.4) is 0 Å². The summed E-state index contributed by atoms with van der Waals surface area (Å²) in [5, 5.41) is 14.4. The van der Waals surface area contributed by atoms with Crippen molar-refractivity contribution < 1.29 is 39.5 Å². The van der Waals surface area contributed by atoms with Crippen LogP contribution in [0.4, 0.5) is 0 Å². The van der Waals surface area contributed by atoms with Gasteiger partial charge in [-0.1, -0.05) is 5.75 Å². The molecule has 0 aliphatic heterocycles. The Kier molecular flexibility index (Phi) is 8.81. The van der Waals surface area contributed by atoms with Crippen LogP contribution >= 0.6 is 67.8 Å². The predicted molar refractivity (Wildman–Crippen MR) is 82.0 cm³/mol. The second-order valence-corrected chi connectivity index (χ2v) is 6.12. The maximum atomic E-state index is 11.7. The van der Waals surface area contributed by atoms with Crippen LogP contribution in [0.25, 0.3) is 0 Å². The molecule has 0 heterocycles. The summed E-state index contributed by atoms with van der Waals surface area (Å²) in [6, 6.07) is 1.73. The van der Waals surface area contributed by atoms with E-state index in [2.05, 4.69) is 27.9 Å². The molecule has 0 atom stereocenters. The van der Waals surface area contributed by atoms with E-state index in [-0.39, 0.29) is 41.2 Å². The van der Waals surface area contributed by atoms with E-state index < -0.39 is 0 Å². The molecule has 0 aliphatic rings. The summed E-state index contributed by atoms with van der Waals surface area (Å²) in [6.07, 6.45) is 0. The third kappa shape index (κ3) is 4.11. The Morgan fingerprint density at radius 1 is 1.38 bits per heavy atom. The number of nitrogens with one attached hydrogen (secondary N) is 1. The number of hydrogen-bond acceptors (Lipinski definition) is 2. The molecule has 0 aromatic heterocycles. The molecular formula is C9H7I3NNaO2. The van der Waals surface area contributed by atoms with E-state index in [0.29, 0.717) is 19.2 Å². The predicted octanol–water partition coefficient (Wildman–Crippen LogP) is -0.672. The van der Waals surface area contributed by atoms with Gasteiger partial charge in [0.1, 0.15) is 0 Å². The van der Waals surface area contributed by atoms with Crippen LogP contribution in [0, 0.1) is 10.7 Å². The molecule has 0 saturated heterocycles. The van der Waals surface area contributed by atoms with Crippen LogP contribution in [0.15, 0.2) is 6.07 Å². The monoisotopic (exact) mass is 565 g/mol. The second kappa shape index (κ2) is 7.97. The maximum Gasteiger partial charge on any atom is 1.00 e. The zero-order chi connectivity index (χ0) is 11.6. The number of halogens is 3. The van der Waals surface area contributed by atoms with Crippen molar-refractivity contribution >= 4 is 73.7 Å². The van der Waals surface area contributed by atoms with Crippen molar-refractivity contribution in [3.8, 4) is 5.75 Å². The Morgan fingerprint density at radius 2 is 1.94 bits per heavy atom. The van der Waals surface area contributed by atoms with Gasteiger partial charge in [0.25, 0.3) is 5.91 Å². The van der Waals surface area contributed by atoms with E-state index in [1.165, 1.54) is 0 Å². The molecule has 0 bridgehead atoms. The van der Waals surface area contributed by atoms with Crippen LogP contribution in [0.1, 0.15) is 17.3 Å². The summed E-state index contributed by atoms with van der Waals surface area (Å²) in [6.45, 7) is 2.41. The fraction of sp³-hybridized carbons (Fsp3) is 0.222. The first-order valence-electron chi connectivity index (χ1n) is 4.11. The van der Waals surface area contributed by atoms with Gasteiger partial charge in [-0.25, -0.2) is 0 Å². The third-order valence-electron chi connectivity index (χ3n) is 1.69. The first-order valence-corrected chi connectivity index (χ1v) is 7.35. The molecule has 1 aromatic rings. The van der Waals surface area contributed by atoms with Crippen molar-refractivity contribution in [2.45, 2.75) is 6.92 Å². The zero-order valence-corrected chi connectivity index (χ0v) is 17.2. The molecule has 1 rings (SSSR count). The van der Waals surface area contributed by atoms with E-state index in [1.54, 1.807) is 6.07 Å². The van der Waals surface area contributed by atoms with Gasteiger partial charge in [-0.15, -0.1) is 0 Å². The third-order valence-corrected chi connectivity index (χ3v) is 4.37. The zero-order valence-electron chi connectivity index (χ0n) is 8.73. The standard InChI is InChI=1S/C9H8I3NO2.Na/c1-2-13-9(15)6-4(10)3-5(11)8(14)7(6)12;/h3,14H,2H2,1H3,(H,13,15);/q;+1/p-1. The van der Waals surface area contributed by atoms with Gasteiger partial charge in [0.15, 0.2) is 0 Å². The Hall–Kier alpha value is 1.68. The summed E-state index contributed by atoms with van der Waals surface area (Å²) < 4.78 is 1.95. The molecule has 1 N–H and O–H groups in total. The normalized spacial score (nSPS) is 9.50. The van der Waals surface area contributed by atoms with E-state index in [4.69, 9.17) is 0 Å². The Labute approximate surface area is 157 Å². The largest absolute Gasteiger partial charge is 1.00 e. The van der Waals surface area contributed by atoms with Crippen LogP contribution in [-0.4, -0.2) is 12.5 Å². The summed E-state index contributed by atoms with van der Waals surface area (Å²) >= 11 is 5.99. The molecule has 1 amide bonds. The average Bonchev–Trinajstić information content (AvgIpc) is 2.15. The number of carbonyl (C=O) groups is 1. The van der Waals surface area contributed by atoms with Gasteiger partial charge < -0.3 is 10.4 Å². The van der Waals surface area contributed by atoms with E-state index in [0.717, 1.165) is 3.57 Å². The van der Waals surface area contributed by atoms with Crippen LogP contribution < -0.4 is 40.0 Å². The number of hydrogen-bond donors (Lipinski definition) is 1. The van der Waals surface area contributed by atoms with Crippen LogP contribution in [0.2, 0.25) is 0 Å². The fourth-order valence-corrected chi connectivity index (χ4v) is 4.89. The molecule has 0 fully saturated rings. The molecule has 0 aliphatic carbocycles. The molecule has 0 spiro atoms. The average molecular weight is 565 g/mol. The second-order valence-electron chi connectivity index (χ2n) is 2.72. The minimum Gasteiger partial charge on any atom is -0.871 e. The Bertz CT molecular complexity index is 412. The summed E-state index contributed by atoms with van der Waals surface area (Å²) in [7, 11) is 0. The van der Waals surface area contributed by atoms with Gasteiger partial charge >= 0.3 is 29.6 Å². The summed E-state index contributed by atoms with van der Waals surface area (Å²) in [5.41, 5.74) is 0.489. The van der Waals surface area contributed by atoms with Gasteiger partial charge in [0, 0.05) is 17.3 Å². The maximum absolute atomic E-state index is 11.7. The van der Waals surface area contributed by atoms with Crippen molar-refractivity contribution in [2.75, 3.05) is 6.54 Å². The first-order chi connectivity index (χ1) is 6.99.